The van der Waals surface area contributed by atoms with Crippen molar-refractivity contribution in [2.24, 2.45) is 5.16 Å². The van der Waals surface area contributed by atoms with Gasteiger partial charge in [0, 0.05) is 24.2 Å². The van der Waals surface area contributed by atoms with Gasteiger partial charge in [-0.2, -0.15) is 17.6 Å². The fraction of sp³-hybridized carbons (Fsp3) is 0.190. The summed E-state index contributed by atoms with van der Waals surface area (Å²) in [4.78, 5) is 17.9. The molecule has 3 rings (SSSR count). The molecular formula is C21H18ClF3N3O2+. The molecule has 2 aromatic heterocycles. The fourth-order valence-electron chi connectivity index (χ4n) is 2.91. The van der Waals surface area contributed by atoms with Gasteiger partial charge in [-0.25, -0.2) is 9.36 Å². The van der Waals surface area contributed by atoms with Crippen LogP contribution in [-0.4, -0.2) is 17.4 Å². The van der Waals surface area contributed by atoms with E-state index in [0.717, 1.165) is 12.1 Å². The summed E-state index contributed by atoms with van der Waals surface area (Å²) in [5, 5.41) is 3.80. The zero-order valence-electron chi connectivity index (χ0n) is 15.7. The molecule has 0 aliphatic heterocycles. The van der Waals surface area contributed by atoms with Gasteiger partial charge in [-0.05, 0) is 29.8 Å². The van der Waals surface area contributed by atoms with E-state index in [4.69, 9.17) is 16.4 Å². The van der Waals surface area contributed by atoms with Crippen molar-refractivity contribution in [1.29, 1.82) is 0 Å². The first-order valence-corrected chi connectivity index (χ1v) is 9.46. The van der Waals surface area contributed by atoms with E-state index in [1.54, 1.807) is 47.5 Å². The molecule has 3 aromatic rings. The lowest BCUT2D eigenvalue weighted by molar-refractivity contribution is -0.531. The second kappa shape index (κ2) is 9.58. The molecule has 2 heterocycles. The molecule has 0 radical (unpaired) electrons. The third kappa shape index (κ3) is 5.07. The van der Waals surface area contributed by atoms with Gasteiger partial charge < -0.3 is 4.84 Å². The van der Waals surface area contributed by atoms with Crippen LogP contribution in [0.25, 0.3) is 16.8 Å². The highest BCUT2D eigenvalue weighted by atomic mass is 35.5. The number of fused-ring (bicyclic) bond motifs is 1. The lowest BCUT2D eigenvalue weighted by atomic mass is 10.1. The molecule has 9 heteroatoms. The Hall–Kier alpha value is -3.13. The van der Waals surface area contributed by atoms with Crippen molar-refractivity contribution in [2.45, 2.75) is 19.1 Å². The van der Waals surface area contributed by atoms with E-state index in [-0.39, 0.29) is 17.7 Å². The van der Waals surface area contributed by atoms with Gasteiger partial charge >= 0.3 is 11.7 Å². The Morgan fingerprint density at radius 3 is 2.80 bits per heavy atom. The number of hydrogen-bond donors (Lipinski definition) is 0. The predicted molar refractivity (Wildman–Crippen MR) is 108 cm³/mol. The number of pyridine rings is 1. The lowest BCUT2D eigenvalue weighted by Gasteiger charge is -2.09. The van der Waals surface area contributed by atoms with Crippen LogP contribution in [0, 0.1) is 0 Å². The normalized spacial score (nSPS) is 12.3. The van der Waals surface area contributed by atoms with Crippen LogP contribution in [0.2, 0.25) is 0 Å². The number of nitrogens with zero attached hydrogens (tertiary/aromatic N) is 3. The topological polar surface area (TPSA) is 47.7 Å². The molecule has 156 valence electrons. The number of alkyl halides is 3. The minimum absolute atomic E-state index is 0.172. The molecule has 0 aliphatic rings. The van der Waals surface area contributed by atoms with Crippen LogP contribution in [0.5, 0.6) is 0 Å². The van der Waals surface area contributed by atoms with E-state index in [0.29, 0.717) is 18.6 Å². The number of halogens is 4. The Kier molecular flexibility index (Phi) is 6.89. The van der Waals surface area contributed by atoms with Gasteiger partial charge in [-0.1, -0.05) is 35.0 Å². The van der Waals surface area contributed by atoms with Gasteiger partial charge in [0.1, 0.15) is 18.4 Å². The molecule has 0 aliphatic carbocycles. The second-order valence-electron chi connectivity index (χ2n) is 6.28. The van der Waals surface area contributed by atoms with E-state index in [9.17, 15) is 18.0 Å². The average Bonchev–Trinajstić information content (AvgIpc) is 2.74. The Morgan fingerprint density at radius 1 is 1.20 bits per heavy atom. The molecular weight excluding hydrogens is 419 g/mol. The smallest absolute Gasteiger partial charge is 0.392 e. The maximum atomic E-state index is 13.1. The Bertz CT molecular complexity index is 1140. The Balaban J connectivity index is 1.97. The summed E-state index contributed by atoms with van der Waals surface area (Å²) < 4.78 is 42.5. The van der Waals surface area contributed by atoms with Crippen molar-refractivity contribution in [3.63, 3.8) is 0 Å². The molecule has 0 amide bonds. The summed E-state index contributed by atoms with van der Waals surface area (Å²) in [6.07, 6.45) is 2.31. The molecule has 0 spiro atoms. The van der Waals surface area contributed by atoms with Gasteiger partial charge in [0.2, 0.25) is 0 Å². The molecule has 0 fully saturated rings. The number of rotatable bonds is 7. The molecule has 5 nitrogen and oxygen atoms in total. The van der Waals surface area contributed by atoms with E-state index < -0.39 is 17.3 Å². The van der Waals surface area contributed by atoms with Crippen molar-refractivity contribution in [3.8, 4) is 11.1 Å². The predicted octanol–water partition coefficient (Wildman–Crippen LogP) is 4.42. The molecule has 0 N–H and O–H groups in total. The molecule has 0 bridgehead atoms. The summed E-state index contributed by atoms with van der Waals surface area (Å²) in [7, 11) is 0. The minimum atomic E-state index is -4.49. The third-order valence-corrected chi connectivity index (χ3v) is 4.45. The van der Waals surface area contributed by atoms with Crippen LogP contribution in [-0.2, 0) is 17.6 Å². The summed E-state index contributed by atoms with van der Waals surface area (Å²) in [5.74, 6) is 0. The van der Waals surface area contributed by atoms with Gasteiger partial charge in [-0.3, -0.25) is 0 Å². The Morgan fingerprint density at radius 2 is 2.03 bits per heavy atom. The highest BCUT2D eigenvalue weighted by molar-refractivity contribution is 6.25. The van der Waals surface area contributed by atoms with Crippen LogP contribution >= 0.6 is 11.6 Å². The van der Waals surface area contributed by atoms with Gasteiger partial charge in [0.15, 0.2) is 0 Å². The van der Waals surface area contributed by atoms with Crippen molar-refractivity contribution in [2.75, 3.05) is 6.61 Å². The van der Waals surface area contributed by atoms with Crippen molar-refractivity contribution in [3.05, 3.63) is 82.4 Å². The highest BCUT2D eigenvalue weighted by Crippen LogP contribution is 2.31. The van der Waals surface area contributed by atoms with Crippen molar-refractivity contribution >= 4 is 23.5 Å². The average molecular weight is 437 g/mol. The first kappa shape index (κ1) is 21.6. The molecule has 30 heavy (non-hydrogen) atoms. The molecule has 0 saturated heterocycles. The van der Waals surface area contributed by atoms with Crippen LogP contribution in [0.1, 0.15) is 12.0 Å². The number of aryl methyl sites for hydroxylation is 1. The van der Waals surface area contributed by atoms with Gasteiger partial charge in [-0.15, -0.1) is 0 Å². The first-order valence-electron chi connectivity index (χ1n) is 9.02. The SMILES string of the molecule is O=c1c(-c2cccc(C(F)(F)F)c2)cn(CC/C=N\OC/C=C\Cl)c2cccc[n+]12. The standard InChI is InChI=1S/C21H18ClF3N3O2/c22-9-4-13-30-26-10-5-11-27-15-18(20(29)28-12-2-1-8-19(27)28)16-6-3-7-17(14-16)21(23,24)25/h1-4,6-10,12,14-15H,5,11,13H2/q+1/b9-4-,26-10-. The lowest BCUT2D eigenvalue weighted by Crippen LogP contribution is -2.43. The van der Waals surface area contributed by atoms with E-state index in [1.165, 1.54) is 22.1 Å². The molecule has 0 unspecified atom stereocenters. The molecule has 1 aromatic carbocycles. The van der Waals surface area contributed by atoms with Gasteiger partial charge in [0.05, 0.1) is 18.3 Å². The van der Waals surface area contributed by atoms with Gasteiger partial charge in [0.25, 0.3) is 5.65 Å². The van der Waals surface area contributed by atoms with Crippen LogP contribution < -0.4 is 9.96 Å². The summed E-state index contributed by atoms with van der Waals surface area (Å²) in [5.41, 5.74) is 1.11. The monoisotopic (exact) mass is 436 g/mol. The van der Waals surface area contributed by atoms with Crippen molar-refractivity contribution < 1.29 is 22.4 Å². The molecule has 0 atom stereocenters. The fourth-order valence-corrected chi connectivity index (χ4v) is 2.98. The van der Waals surface area contributed by atoms with E-state index in [2.05, 4.69) is 5.16 Å². The van der Waals surface area contributed by atoms with Crippen LogP contribution in [0.15, 0.2) is 76.4 Å². The largest absolute Gasteiger partial charge is 0.416 e. The summed E-state index contributed by atoms with van der Waals surface area (Å²) in [6, 6.07) is 9.98. The summed E-state index contributed by atoms with van der Waals surface area (Å²) >= 11 is 5.38. The number of aromatic nitrogens is 2. The third-order valence-electron chi connectivity index (χ3n) is 4.28. The Labute approximate surface area is 175 Å². The maximum absolute atomic E-state index is 13.1. The quantitative estimate of drug-likeness (QED) is 0.238. The van der Waals surface area contributed by atoms with E-state index in [1.807, 2.05) is 0 Å². The van der Waals surface area contributed by atoms with Crippen molar-refractivity contribution in [1.82, 2.24) is 4.57 Å². The first-order chi connectivity index (χ1) is 14.4. The maximum Gasteiger partial charge on any atom is 0.416 e. The second-order valence-corrected chi connectivity index (χ2v) is 6.53. The number of hydrogen-bond acceptors (Lipinski definition) is 3. The summed E-state index contributed by atoms with van der Waals surface area (Å²) in [6.45, 7) is 0.689. The zero-order chi connectivity index (χ0) is 21.6. The van der Waals surface area contributed by atoms with Crippen LogP contribution in [0.4, 0.5) is 13.2 Å². The zero-order valence-corrected chi connectivity index (χ0v) is 16.5. The highest BCUT2D eigenvalue weighted by Gasteiger charge is 2.31. The number of benzene rings is 1. The molecule has 0 saturated carbocycles. The van der Waals surface area contributed by atoms with E-state index >= 15 is 0 Å². The van der Waals surface area contributed by atoms with Crippen LogP contribution in [0.3, 0.4) is 0 Å². The number of oxime groups is 1. The minimum Gasteiger partial charge on any atom is -0.392 e.